The van der Waals surface area contributed by atoms with Gasteiger partial charge in [-0.25, -0.2) is 0 Å². The molecule has 3 aliphatic heterocycles. The number of carbonyl (C=O) groups is 2. The minimum Gasteiger partial charge on any atom is -0.496 e. The third-order valence-electron chi connectivity index (χ3n) is 11.1. The number of hydrogen-bond donors (Lipinski definition) is 5. The lowest BCUT2D eigenvalue weighted by molar-refractivity contribution is -0.127. The van der Waals surface area contributed by atoms with Crippen molar-refractivity contribution in [2.75, 3.05) is 52.3 Å². The molecule has 53 heavy (non-hydrogen) atoms. The lowest BCUT2D eigenvalue weighted by Crippen LogP contribution is -2.49. The summed E-state index contributed by atoms with van der Waals surface area (Å²) in [4.78, 5) is 42.4. The first kappa shape index (κ1) is 36.4. The zero-order chi connectivity index (χ0) is 37.1. The molecule has 282 valence electrons. The van der Waals surface area contributed by atoms with Crippen molar-refractivity contribution in [3.63, 3.8) is 0 Å². The van der Waals surface area contributed by atoms with Gasteiger partial charge >= 0.3 is 0 Å². The number of aromatic nitrogens is 3. The molecular formula is C39H50N8O6. The Labute approximate surface area is 308 Å². The van der Waals surface area contributed by atoms with Crippen molar-refractivity contribution in [1.82, 2.24) is 35.2 Å². The van der Waals surface area contributed by atoms with Crippen LogP contribution in [0.25, 0.3) is 22.0 Å². The summed E-state index contributed by atoms with van der Waals surface area (Å²) < 4.78 is 13.3. The molecule has 7 rings (SSSR count). The fraction of sp³-hybridized carbons (Fsp3) is 0.487. The average Bonchev–Trinajstić information content (AvgIpc) is 3.66. The number of aliphatic hydroxyl groups excluding tert-OH is 1. The van der Waals surface area contributed by atoms with Crippen molar-refractivity contribution < 1.29 is 24.2 Å². The molecule has 0 bridgehead atoms. The fourth-order valence-electron chi connectivity index (χ4n) is 8.02. The van der Waals surface area contributed by atoms with Crippen molar-refractivity contribution in [2.24, 2.45) is 7.05 Å². The van der Waals surface area contributed by atoms with Crippen LogP contribution in [0.1, 0.15) is 55.6 Å². The number of aryl methyl sites for hydroxylation is 1. The molecule has 3 fully saturated rings. The molecule has 2 unspecified atom stereocenters. The van der Waals surface area contributed by atoms with Gasteiger partial charge in [0.15, 0.2) is 0 Å². The number of fused-ring (bicyclic) bond motifs is 1. The number of hydrogen-bond acceptors (Lipinski definition) is 10. The Bertz CT molecular complexity index is 1950. The van der Waals surface area contributed by atoms with Crippen LogP contribution in [-0.4, -0.2) is 107 Å². The molecule has 0 saturated carbocycles. The van der Waals surface area contributed by atoms with Crippen molar-refractivity contribution in [3.8, 4) is 22.6 Å². The third kappa shape index (κ3) is 8.19. The van der Waals surface area contributed by atoms with E-state index in [1.54, 1.807) is 32.0 Å². The standard InChI is InChI=1S/C39H50N8O6/c1-45-21-30(29-20-40-44-37(29)39(45)51)26-18-33(52-2)31(34(19-26)53-3)22-46-16-12-28(13-17-46)42-36(49)23-47-14-10-25(11-15-47)24-4-6-27(7-5-24)41-32-8-9-35(48)43-38(32)50/h4-7,18-21,25,28,32,35,41,48H,8-17,22-23H2,1-3H3,(H,40,44)(H,42,49)(H,43,50). The number of pyridine rings is 1. The monoisotopic (exact) mass is 726 g/mol. The van der Waals surface area contributed by atoms with Gasteiger partial charge in [0.25, 0.3) is 5.56 Å². The summed E-state index contributed by atoms with van der Waals surface area (Å²) in [5.74, 6) is 1.78. The van der Waals surface area contributed by atoms with Crippen LogP contribution in [0.15, 0.2) is 53.6 Å². The molecule has 2 amide bonds. The first-order valence-electron chi connectivity index (χ1n) is 18.6. The van der Waals surface area contributed by atoms with Crippen molar-refractivity contribution in [2.45, 2.75) is 69.3 Å². The van der Waals surface area contributed by atoms with E-state index in [1.807, 2.05) is 30.5 Å². The Morgan fingerprint density at radius 1 is 0.943 bits per heavy atom. The third-order valence-corrected chi connectivity index (χ3v) is 11.1. The van der Waals surface area contributed by atoms with E-state index in [4.69, 9.17) is 9.47 Å². The quantitative estimate of drug-likeness (QED) is 0.155. The Kier molecular flexibility index (Phi) is 11.0. The van der Waals surface area contributed by atoms with Gasteiger partial charge in [-0.2, -0.15) is 5.10 Å². The highest BCUT2D eigenvalue weighted by atomic mass is 16.5. The minimum atomic E-state index is -0.756. The van der Waals surface area contributed by atoms with Crippen LogP contribution in [-0.2, 0) is 23.2 Å². The molecule has 0 spiro atoms. The van der Waals surface area contributed by atoms with E-state index in [0.717, 1.165) is 79.6 Å². The SMILES string of the molecule is COc1cc(-c2cn(C)c(=O)c3[nH]ncc23)cc(OC)c1CN1CCC(NC(=O)CN2CCC(c3ccc(NC4CCC(O)NC4=O)cc3)CC2)CC1. The van der Waals surface area contributed by atoms with Gasteiger partial charge in [-0.05, 0) is 92.9 Å². The van der Waals surface area contributed by atoms with Crippen molar-refractivity contribution in [1.29, 1.82) is 0 Å². The van der Waals surface area contributed by atoms with Crippen LogP contribution in [0.4, 0.5) is 5.69 Å². The molecule has 3 aliphatic rings. The van der Waals surface area contributed by atoms with Gasteiger partial charge in [0.1, 0.15) is 29.3 Å². The normalized spacial score (nSPS) is 20.6. The molecule has 5 heterocycles. The number of nitrogens with zero attached hydrogens (tertiary/aromatic N) is 4. The zero-order valence-corrected chi connectivity index (χ0v) is 30.7. The summed E-state index contributed by atoms with van der Waals surface area (Å²) in [6, 6.07) is 12.1. The first-order chi connectivity index (χ1) is 25.7. The number of anilines is 1. The molecule has 5 N–H and O–H groups in total. The van der Waals surface area contributed by atoms with Gasteiger partial charge in [0.05, 0.1) is 32.5 Å². The van der Waals surface area contributed by atoms with Gasteiger partial charge in [0, 0.05) is 55.6 Å². The summed E-state index contributed by atoms with van der Waals surface area (Å²) in [5, 5.41) is 26.4. The van der Waals surface area contributed by atoms with Gasteiger partial charge in [-0.3, -0.25) is 29.3 Å². The highest BCUT2D eigenvalue weighted by molar-refractivity contribution is 5.94. The lowest BCUT2D eigenvalue weighted by Gasteiger charge is -2.34. The largest absolute Gasteiger partial charge is 0.496 e. The molecular weight excluding hydrogens is 676 g/mol. The summed E-state index contributed by atoms with van der Waals surface area (Å²) >= 11 is 0. The summed E-state index contributed by atoms with van der Waals surface area (Å²) in [6.45, 7) is 4.49. The second-order valence-corrected chi connectivity index (χ2v) is 14.6. The van der Waals surface area contributed by atoms with E-state index in [9.17, 15) is 19.5 Å². The number of aromatic amines is 1. The Balaban J connectivity index is 0.872. The maximum Gasteiger partial charge on any atom is 0.276 e. The topological polar surface area (TPSA) is 166 Å². The summed E-state index contributed by atoms with van der Waals surface area (Å²) in [5.41, 5.74) is 5.18. The summed E-state index contributed by atoms with van der Waals surface area (Å²) in [6.07, 6.45) is 7.58. The van der Waals surface area contributed by atoms with E-state index >= 15 is 0 Å². The molecule has 14 heteroatoms. The molecule has 14 nitrogen and oxygen atoms in total. The maximum atomic E-state index is 13.1. The molecule has 2 aromatic heterocycles. The molecule has 2 aromatic carbocycles. The van der Waals surface area contributed by atoms with Gasteiger partial charge < -0.3 is 35.1 Å². The number of ether oxygens (including phenoxy) is 2. The molecule has 0 radical (unpaired) electrons. The fourth-order valence-corrected chi connectivity index (χ4v) is 8.02. The highest BCUT2D eigenvalue weighted by Crippen LogP contribution is 2.38. The Hall–Kier alpha value is -4.92. The van der Waals surface area contributed by atoms with Gasteiger partial charge in [0.2, 0.25) is 11.8 Å². The molecule has 0 aliphatic carbocycles. The number of nitrogens with one attached hydrogen (secondary N) is 4. The Morgan fingerprint density at radius 2 is 1.62 bits per heavy atom. The van der Waals surface area contributed by atoms with Crippen molar-refractivity contribution in [3.05, 3.63) is 70.3 Å². The van der Waals surface area contributed by atoms with Crippen molar-refractivity contribution >= 4 is 28.4 Å². The highest BCUT2D eigenvalue weighted by Gasteiger charge is 2.28. The molecule has 3 saturated heterocycles. The number of benzene rings is 2. The van der Waals surface area contributed by atoms with Crippen LogP contribution in [0.2, 0.25) is 0 Å². The number of H-pyrrole nitrogens is 1. The Morgan fingerprint density at radius 3 is 2.28 bits per heavy atom. The van der Waals surface area contributed by atoms with E-state index in [0.29, 0.717) is 48.9 Å². The number of amides is 2. The van der Waals surface area contributed by atoms with E-state index < -0.39 is 6.23 Å². The second-order valence-electron chi connectivity index (χ2n) is 14.6. The number of piperidine rings is 3. The lowest BCUT2D eigenvalue weighted by atomic mass is 9.89. The van der Waals surface area contributed by atoms with E-state index in [2.05, 4.69) is 48.1 Å². The van der Waals surface area contributed by atoms with Crippen LogP contribution in [0.5, 0.6) is 11.5 Å². The van der Waals surface area contributed by atoms with E-state index in [-0.39, 0.29) is 29.5 Å². The van der Waals surface area contributed by atoms with Crippen LogP contribution in [0, 0.1) is 0 Å². The first-order valence-corrected chi connectivity index (χ1v) is 18.6. The number of likely N-dealkylation sites (tertiary alicyclic amines) is 2. The number of aliphatic hydroxyl groups is 1. The van der Waals surface area contributed by atoms with Crippen LogP contribution < -0.4 is 31.0 Å². The molecule has 2 atom stereocenters. The van der Waals surface area contributed by atoms with Crippen LogP contribution in [0.3, 0.4) is 0 Å². The van der Waals surface area contributed by atoms with Crippen LogP contribution >= 0.6 is 0 Å². The minimum absolute atomic E-state index is 0.0839. The number of rotatable bonds is 11. The van der Waals surface area contributed by atoms with E-state index in [1.165, 1.54) is 5.56 Å². The number of carbonyl (C=O) groups excluding carboxylic acids is 2. The maximum absolute atomic E-state index is 13.1. The number of methoxy groups -OCH3 is 2. The average molecular weight is 727 g/mol. The smallest absolute Gasteiger partial charge is 0.276 e. The van der Waals surface area contributed by atoms with Gasteiger partial charge in [-0.15, -0.1) is 0 Å². The predicted octanol–water partition coefficient (Wildman–Crippen LogP) is 2.91. The second kappa shape index (κ2) is 16.0. The predicted molar refractivity (Wildman–Crippen MR) is 202 cm³/mol. The van der Waals surface area contributed by atoms with Gasteiger partial charge in [-0.1, -0.05) is 12.1 Å². The molecule has 4 aromatic rings. The summed E-state index contributed by atoms with van der Waals surface area (Å²) in [7, 11) is 5.04. The zero-order valence-electron chi connectivity index (χ0n) is 30.7.